The van der Waals surface area contributed by atoms with Gasteiger partial charge in [0.1, 0.15) is 0 Å². The van der Waals surface area contributed by atoms with Crippen LogP contribution in [0.1, 0.15) is 20.8 Å². The zero-order valence-corrected chi connectivity index (χ0v) is 7.79. The second kappa shape index (κ2) is 3.59. The molecule has 12 heavy (non-hydrogen) atoms. The van der Waals surface area contributed by atoms with Crippen LogP contribution < -0.4 is 5.48 Å². The Morgan fingerprint density at radius 3 is 2.17 bits per heavy atom. The van der Waals surface area contributed by atoms with Crippen molar-refractivity contribution in [3.8, 4) is 0 Å². The predicted octanol–water partition coefficient (Wildman–Crippen LogP) is 2.83. The number of anilines is 1. The zero-order chi connectivity index (χ0) is 9.03. The summed E-state index contributed by atoms with van der Waals surface area (Å²) < 4.78 is 0. The van der Waals surface area contributed by atoms with Crippen LogP contribution in [0.3, 0.4) is 0 Å². The van der Waals surface area contributed by atoms with E-state index in [4.69, 9.17) is 4.84 Å². The van der Waals surface area contributed by atoms with Crippen molar-refractivity contribution < 1.29 is 4.84 Å². The molecule has 0 aliphatic heterocycles. The first kappa shape index (κ1) is 9.07. The number of hydrogen-bond acceptors (Lipinski definition) is 2. The van der Waals surface area contributed by atoms with Crippen LogP contribution in [0, 0.1) is 0 Å². The van der Waals surface area contributed by atoms with Crippen molar-refractivity contribution in [1.29, 1.82) is 0 Å². The molecule has 0 saturated heterocycles. The molecule has 0 fully saturated rings. The Kier molecular flexibility index (Phi) is 2.71. The van der Waals surface area contributed by atoms with Gasteiger partial charge in [0.2, 0.25) is 0 Å². The van der Waals surface area contributed by atoms with Crippen molar-refractivity contribution in [2.24, 2.45) is 0 Å². The summed E-state index contributed by atoms with van der Waals surface area (Å²) in [4.78, 5) is 5.37. The molecule has 0 amide bonds. The van der Waals surface area contributed by atoms with E-state index >= 15 is 0 Å². The Hall–Kier alpha value is -1.02. The molecule has 0 spiro atoms. The van der Waals surface area contributed by atoms with Gasteiger partial charge in [-0.15, -0.1) is 0 Å². The third-order valence-electron chi connectivity index (χ3n) is 1.25. The van der Waals surface area contributed by atoms with Gasteiger partial charge in [0, 0.05) is 0 Å². The molecule has 0 heterocycles. The lowest BCUT2D eigenvalue weighted by Gasteiger charge is -2.19. The summed E-state index contributed by atoms with van der Waals surface area (Å²) in [5.41, 5.74) is 3.71. The van der Waals surface area contributed by atoms with Crippen molar-refractivity contribution in [3.63, 3.8) is 0 Å². The number of rotatable bonds is 2. The Bertz CT molecular complexity index is 225. The second-order valence-electron chi connectivity index (χ2n) is 3.68. The molecule has 0 unspecified atom stereocenters. The Morgan fingerprint density at radius 1 is 1.08 bits per heavy atom. The molecule has 0 aromatic heterocycles. The highest BCUT2D eigenvalue weighted by Gasteiger charge is 2.09. The van der Waals surface area contributed by atoms with Crippen LogP contribution in [0.5, 0.6) is 0 Å². The van der Waals surface area contributed by atoms with Crippen LogP contribution in [0.2, 0.25) is 0 Å². The van der Waals surface area contributed by atoms with Gasteiger partial charge < -0.3 is 0 Å². The van der Waals surface area contributed by atoms with Crippen LogP contribution in [0.15, 0.2) is 30.3 Å². The Balaban J connectivity index is 2.44. The van der Waals surface area contributed by atoms with Gasteiger partial charge in [0.15, 0.2) is 0 Å². The van der Waals surface area contributed by atoms with E-state index in [-0.39, 0.29) is 5.60 Å². The molecule has 0 radical (unpaired) electrons. The summed E-state index contributed by atoms with van der Waals surface area (Å²) in [5, 5.41) is 0. The van der Waals surface area contributed by atoms with Gasteiger partial charge >= 0.3 is 0 Å². The summed E-state index contributed by atoms with van der Waals surface area (Å²) >= 11 is 0. The van der Waals surface area contributed by atoms with Crippen LogP contribution in [-0.4, -0.2) is 5.60 Å². The third kappa shape index (κ3) is 3.39. The molecule has 66 valence electrons. The largest absolute Gasteiger partial charge is 0.270 e. The van der Waals surface area contributed by atoms with Crippen molar-refractivity contribution in [1.82, 2.24) is 0 Å². The van der Waals surface area contributed by atoms with Crippen LogP contribution in [-0.2, 0) is 4.84 Å². The lowest BCUT2D eigenvalue weighted by Crippen LogP contribution is -2.22. The van der Waals surface area contributed by atoms with Crippen LogP contribution >= 0.6 is 0 Å². The van der Waals surface area contributed by atoms with E-state index in [1.807, 2.05) is 51.1 Å². The molecule has 1 N–H and O–H groups in total. The zero-order valence-electron chi connectivity index (χ0n) is 7.79. The van der Waals surface area contributed by atoms with Crippen molar-refractivity contribution in [3.05, 3.63) is 30.3 Å². The Morgan fingerprint density at radius 2 is 1.67 bits per heavy atom. The molecule has 0 saturated carbocycles. The molecule has 2 heteroatoms. The van der Waals surface area contributed by atoms with Gasteiger partial charge in [-0.1, -0.05) is 18.2 Å². The van der Waals surface area contributed by atoms with Crippen molar-refractivity contribution in [2.75, 3.05) is 5.48 Å². The van der Waals surface area contributed by atoms with E-state index in [9.17, 15) is 0 Å². The summed E-state index contributed by atoms with van der Waals surface area (Å²) in [5.74, 6) is 0. The molecule has 0 bridgehead atoms. The predicted molar refractivity (Wildman–Crippen MR) is 50.9 cm³/mol. The minimum absolute atomic E-state index is 0.157. The molecule has 1 aromatic rings. The first-order valence-electron chi connectivity index (χ1n) is 4.07. The smallest absolute Gasteiger partial charge is 0.0876 e. The lowest BCUT2D eigenvalue weighted by atomic mass is 10.2. The average Bonchev–Trinajstić information content (AvgIpc) is 2.02. The highest BCUT2D eigenvalue weighted by molar-refractivity contribution is 5.40. The fraction of sp³-hybridized carbons (Fsp3) is 0.400. The second-order valence-corrected chi connectivity index (χ2v) is 3.68. The number of para-hydroxylation sites is 1. The monoisotopic (exact) mass is 165 g/mol. The van der Waals surface area contributed by atoms with Gasteiger partial charge in [-0.3, -0.25) is 10.3 Å². The minimum Gasteiger partial charge on any atom is -0.270 e. The fourth-order valence-corrected chi connectivity index (χ4v) is 0.718. The topological polar surface area (TPSA) is 21.3 Å². The number of nitrogens with one attached hydrogen (secondary N) is 1. The van der Waals surface area contributed by atoms with E-state index in [1.54, 1.807) is 0 Å². The number of hydrogen-bond donors (Lipinski definition) is 1. The summed E-state index contributed by atoms with van der Waals surface area (Å²) in [7, 11) is 0. The van der Waals surface area contributed by atoms with Gasteiger partial charge in [-0.05, 0) is 32.9 Å². The lowest BCUT2D eigenvalue weighted by molar-refractivity contribution is 0.0375. The summed E-state index contributed by atoms with van der Waals surface area (Å²) in [6, 6.07) is 9.84. The standard InChI is InChI=1S/C10H15NO/c1-10(2,3)12-11-9-7-5-4-6-8-9/h4-8,11H,1-3H3. The van der Waals surface area contributed by atoms with E-state index in [0.717, 1.165) is 5.69 Å². The third-order valence-corrected chi connectivity index (χ3v) is 1.25. The molecule has 0 aliphatic rings. The molecule has 0 aliphatic carbocycles. The highest BCUT2D eigenvalue weighted by atomic mass is 16.7. The molecular weight excluding hydrogens is 150 g/mol. The molecule has 2 nitrogen and oxygen atoms in total. The van der Waals surface area contributed by atoms with Gasteiger partial charge in [0.05, 0.1) is 11.3 Å². The van der Waals surface area contributed by atoms with E-state index in [0.29, 0.717) is 0 Å². The van der Waals surface area contributed by atoms with E-state index < -0.39 is 0 Å². The van der Waals surface area contributed by atoms with Gasteiger partial charge in [0.25, 0.3) is 0 Å². The quantitative estimate of drug-likeness (QED) is 0.680. The molecular formula is C10H15NO. The van der Waals surface area contributed by atoms with Crippen LogP contribution in [0.25, 0.3) is 0 Å². The normalized spacial score (nSPS) is 11.2. The fourth-order valence-electron chi connectivity index (χ4n) is 0.718. The molecule has 1 aromatic carbocycles. The minimum atomic E-state index is -0.157. The first-order valence-corrected chi connectivity index (χ1v) is 4.07. The number of benzene rings is 1. The summed E-state index contributed by atoms with van der Waals surface area (Å²) in [6.45, 7) is 6.01. The maximum Gasteiger partial charge on any atom is 0.0876 e. The van der Waals surface area contributed by atoms with E-state index in [1.165, 1.54) is 0 Å². The molecule has 1 rings (SSSR count). The van der Waals surface area contributed by atoms with Gasteiger partial charge in [-0.2, -0.15) is 0 Å². The van der Waals surface area contributed by atoms with E-state index in [2.05, 4.69) is 5.48 Å². The first-order chi connectivity index (χ1) is 5.58. The van der Waals surface area contributed by atoms with Crippen LogP contribution in [0.4, 0.5) is 5.69 Å². The molecule has 0 atom stereocenters. The maximum atomic E-state index is 5.37. The van der Waals surface area contributed by atoms with Crippen molar-refractivity contribution in [2.45, 2.75) is 26.4 Å². The Labute approximate surface area is 73.5 Å². The average molecular weight is 165 g/mol. The van der Waals surface area contributed by atoms with Crippen molar-refractivity contribution >= 4 is 5.69 Å². The maximum absolute atomic E-state index is 5.37. The SMILES string of the molecule is CC(C)(C)ONc1ccccc1. The van der Waals surface area contributed by atoms with Gasteiger partial charge in [-0.25, -0.2) is 0 Å². The highest BCUT2D eigenvalue weighted by Crippen LogP contribution is 2.10. The summed E-state index contributed by atoms with van der Waals surface area (Å²) in [6.07, 6.45) is 0.